The first kappa shape index (κ1) is 21.4. The number of carbonyl (C=O) groups is 2. The molecule has 1 fully saturated rings. The van der Waals surface area contributed by atoms with Crippen LogP contribution in [0.1, 0.15) is 49.8 Å². The topological polar surface area (TPSA) is 138 Å². The molecule has 2 aromatic heterocycles. The molecule has 10 nitrogen and oxygen atoms in total. The third kappa shape index (κ3) is 5.62. The summed E-state index contributed by atoms with van der Waals surface area (Å²) >= 11 is 0. The molecule has 3 rings (SSSR count). The molecule has 0 saturated heterocycles. The van der Waals surface area contributed by atoms with Crippen LogP contribution in [0.4, 0.5) is 10.6 Å². The van der Waals surface area contributed by atoms with Gasteiger partial charge in [0.05, 0.1) is 19.7 Å². The number of carbonyl (C=O) groups excluding carboxylic acids is 2. The van der Waals surface area contributed by atoms with Gasteiger partial charge in [-0.2, -0.15) is 5.10 Å². The summed E-state index contributed by atoms with van der Waals surface area (Å²) in [6, 6.07) is 3.30. The molecule has 0 bridgehead atoms. The lowest BCUT2D eigenvalue weighted by molar-refractivity contribution is -0.115. The first-order chi connectivity index (χ1) is 14.5. The first-order valence-electron chi connectivity index (χ1n) is 10.00. The van der Waals surface area contributed by atoms with E-state index >= 15 is 0 Å². The molecule has 1 aliphatic rings. The van der Waals surface area contributed by atoms with Gasteiger partial charge in [0.15, 0.2) is 5.82 Å². The summed E-state index contributed by atoms with van der Waals surface area (Å²) < 4.78 is 10.5. The molecule has 0 unspecified atom stereocenters. The number of alkyl carbamates (subject to hydrolysis) is 1. The maximum atomic E-state index is 12.3. The predicted octanol–water partition coefficient (Wildman–Crippen LogP) is 2.47. The normalized spacial score (nSPS) is 18.1. The Kier molecular flexibility index (Phi) is 7.10. The van der Waals surface area contributed by atoms with Crippen LogP contribution >= 0.6 is 0 Å². The van der Waals surface area contributed by atoms with Crippen molar-refractivity contribution < 1.29 is 24.2 Å². The van der Waals surface area contributed by atoms with Gasteiger partial charge in [0.1, 0.15) is 11.9 Å². The number of hydrogen-bond acceptors (Lipinski definition) is 7. The van der Waals surface area contributed by atoms with Crippen molar-refractivity contribution in [1.29, 1.82) is 0 Å². The number of hydrogen-bond donors (Lipinski definition) is 4. The van der Waals surface area contributed by atoms with Crippen LogP contribution in [-0.2, 0) is 16.0 Å². The lowest BCUT2D eigenvalue weighted by Crippen LogP contribution is -2.28. The molecule has 10 heteroatoms. The Morgan fingerprint density at radius 2 is 2.17 bits per heavy atom. The van der Waals surface area contributed by atoms with Gasteiger partial charge in [-0.25, -0.2) is 9.78 Å². The van der Waals surface area contributed by atoms with E-state index in [0.717, 1.165) is 25.0 Å². The average Bonchev–Trinajstić information content (AvgIpc) is 3.37. The molecular weight excluding hydrogens is 390 g/mol. The van der Waals surface area contributed by atoms with Gasteiger partial charge in [0, 0.05) is 35.9 Å². The zero-order valence-corrected chi connectivity index (χ0v) is 17.1. The number of nitrogens with one attached hydrogen (secondary N) is 3. The van der Waals surface area contributed by atoms with E-state index in [0.29, 0.717) is 30.2 Å². The van der Waals surface area contributed by atoms with Gasteiger partial charge >= 0.3 is 6.09 Å². The molecular formula is C20H27N5O5. The van der Waals surface area contributed by atoms with Crippen molar-refractivity contribution in [3.8, 4) is 11.6 Å². The second-order valence-electron chi connectivity index (χ2n) is 7.25. The van der Waals surface area contributed by atoms with Crippen LogP contribution in [0.25, 0.3) is 0 Å². The lowest BCUT2D eigenvalue weighted by atomic mass is 10.0. The third-order valence-electron chi connectivity index (χ3n) is 4.98. The Hall–Kier alpha value is -3.30. The van der Waals surface area contributed by atoms with Crippen molar-refractivity contribution in [1.82, 2.24) is 20.5 Å². The summed E-state index contributed by atoms with van der Waals surface area (Å²) in [7, 11) is 1.46. The number of H-pyrrole nitrogens is 1. The fourth-order valence-electron chi connectivity index (χ4n) is 3.44. The summed E-state index contributed by atoms with van der Waals surface area (Å²) in [5.41, 5.74) is 1.30. The van der Waals surface area contributed by atoms with Gasteiger partial charge in [-0.1, -0.05) is 6.92 Å². The molecule has 162 valence electrons. The van der Waals surface area contributed by atoms with E-state index in [1.54, 1.807) is 6.07 Å². The van der Waals surface area contributed by atoms with Crippen molar-refractivity contribution in [2.45, 2.75) is 51.0 Å². The minimum atomic E-state index is -0.379. The van der Waals surface area contributed by atoms with Crippen molar-refractivity contribution in [2.75, 3.05) is 19.0 Å². The van der Waals surface area contributed by atoms with Crippen molar-refractivity contribution >= 4 is 17.8 Å². The minimum Gasteiger partial charge on any atom is -0.506 e. The molecule has 2 heterocycles. The summed E-state index contributed by atoms with van der Waals surface area (Å²) in [5, 5.41) is 22.4. The standard InChI is InChI=1S/C20H27N5O5/c1-3-6-21-20(28)30-14-5-4-12(7-14)15-10-17(25-24-15)23-18(27)8-13-9-19(29-2)22-11-16(13)26/h9-12,14,26H,3-8H2,1-2H3,(H,21,28)(H2,23,24,25,27)/t12-,14+/m1/s1. The number of methoxy groups -OCH3 is 1. The van der Waals surface area contributed by atoms with Crippen LogP contribution < -0.4 is 15.4 Å². The number of aromatic hydroxyl groups is 1. The Labute approximate surface area is 174 Å². The van der Waals surface area contributed by atoms with E-state index in [1.165, 1.54) is 19.4 Å². The SMILES string of the molecule is CCCNC(=O)O[C@H]1CC[C@@H](c2cc(NC(=O)Cc3cc(OC)ncc3O)n[nH]2)C1. The van der Waals surface area contributed by atoms with Gasteiger partial charge in [-0.05, 0) is 25.7 Å². The molecule has 2 atom stereocenters. The average molecular weight is 417 g/mol. The smallest absolute Gasteiger partial charge is 0.407 e. The highest BCUT2D eigenvalue weighted by molar-refractivity contribution is 5.91. The molecule has 1 aliphatic carbocycles. The van der Waals surface area contributed by atoms with Gasteiger partial charge in [0.2, 0.25) is 11.8 Å². The van der Waals surface area contributed by atoms with Gasteiger partial charge < -0.3 is 25.2 Å². The molecule has 2 amide bonds. The molecule has 0 aromatic carbocycles. The van der Waals surface area contributed by atoms with Gasteiger partial charge in [-0.3, -0.25) is 9.89 Å². The Bertz CT molecular complexity index is 884. The van der Waals surface area contributed by atoms with Crippen molar-refractivity contribution in [2.24, 2.45) is 0 Å². The number of ether oxygens (including phenoxy) is 2. The quantitative estimate of drug-likeness (QED) is 0.517. The molecule has 4 N–H and O–H groups in total. The number of nitrogens with zero attached hydrogens (tertiary/aromatic N) is 2. The maximum absolute atomic E-state index is 12.3. The highest BCUT2D eigenvalue weighted by atomic mass is 16.6. The van der Waals surface area contributed by atoms with E-state index in [4.69, 9.17) is 9.47 Å². The van der Waals surface area contributed by atoms with Crippen LogP contribution in [-0.4, -0.2) is 52.0 Å². The van der Waals surface area contributed by atoms with Crippen LogP contribution in [0, 0.1) is 0 Å². The Morgan fingerprint density at radius 1 is 1.33 bits per heavy atom. The number of rotatable bonds is 8. The van der Waals surface area contributed by atoms with E-state index in [1.807, 2.05) is 6.92 Å². The minimum absolute atomic E-state index is 0.0425. The highest BCUT2D eigenvalue weighted by Gasteiger charge is 2.30. The Balaban J connectivity index is 1.52. The van der Waals surface area contributed by atoms with Crippen LogP contribution in [0.3, 0.4) is 0 Å². The summed E-state index contributed by atoms with van der Waals surface area (Å²) in [6.45, 7) is 2.58. The fraction of sp³-hybridized carbons (Fsp3) is 0.500. The van der Waals surface area contributed by atoms with E-state index in [-0.39, 0.29) is 36.2 Å². The van der Waals surface area contributed by atoms with Crippen molar-refractivity contribution in [3.05, 3.63) is 29.6 Å². The largest absolute Gasteiger partial charge is 0.506 e. The molecule has 0 radical (unpaired) electrons. The monoisotopic (exact) mass is 417 g/mol. The summed E-state index contributed by atoms with van der Waals surface area (Å²) in [6.07, 6.45) is 3.92. The highest BCUT2D eigenvalue weighted by Crippen LogP contribution is 2.35. The number of pyridine rings is 1. The first-order valence-corrected chi connectivity index (χ1v) is 10.00. The number of aromatic nitrogens is 3. The number of amides is 2. The maximum Gasteiger partial charge on any atom is 0.407 e. The zero-order valence-electron chi connectivity index (χ0n) is 17.1. The molecule has 0 aliphatic heterocycles. The summed E-state index contributed by atoms with van der Waals surface area (Å²) in [4.78, 5) is 27.9. The van der Waals surface area contributed by atoms with E-state index in [9.17, 15) is 14.7 Å². The van der Waals surface area contributed by atoms with Gasteiger partial charge in [-0.15, -0.1) is 0 Å². The van der Waals surface area contributed by atoms with Crippen LogP contribution in [0.5, 0.6) is 11.6 Å². The number of anilines is 1. The van der Waals surface area contributed by atoms with Crippen LogP contribution in [0.2, 0.25) is 0 Å². The third-order valence-corrected chi connectivity index (χ3v) is 4.98. The second kappa shape index (κ2) is 9.95. The van der Waals surface area contributed by atoms with E-state index in [2.05, 4.69) is 25.8 Å². The van der Waals surface area contributed by atoms with E-state index < -0.39 is 0 Å². The molecule has 0 spiro atoms. The molecule has 2 aromatic rings. The zero-order chi connectivity index (χ0) is 21.5. The Morgan fingerprint density at radius 3 is 2.93 bits per heavy atom. The fourth-order valence-corrected chi connectivity index (χ4v) is 3.44. The van der Waals surface area contributed by atoms with Crippen molar-refractivity contribution in [3.63, 3.8) is 0 Å². The molecule has 1 saturated carbocycles. The second-order valence-corrected chi connectivity index (χ2v) is 7.25. The van der Waals surface area contributed by atoms with Crippen LogP contribution in [0.15, 0.2) is 18.3 Å². The van der Waals surface area contributed by atoms with Gasteiger partial charge in [0.25, 0.3) is 0 Å². The number of aromatic amines is 1. The summed E-state index contributed by atoms with van der Waals surface area (Å²) in [5.74, 6) is 0.505. The molecule has 30 heavy (non-hydrogen) atoms. The lowest BCUT2D eigenvalue weighted by Gasteiger charge is -2.12. The predicted molar refractivity (Wildman–Crippen MR) is 109 cm³/mol.